The van der Waals surface area contributed by atoms with Crippen LogP contribution < -0.4 is 16.6 Å². The summed E-state index contributed by atoms with van der Waals surface area (Å²) in [6.07, 6.45) is 1.48. The number of nitrogens with zero attached hydrogens (tertiary/aromatic N) is 2. The molecule has 1 N–H and O–H groups in total. The molecule has 7 nitrogen and oxygen atoms in total. The number of nitrogens with one attached hydrogen (secondary N) is 1. The third-order valence-corrected chi connectivity index (χ3v) is 5.63. The van der Waals surface area contributed by atoms with Crippen molar-refractivity contribution in [2.45, 2.75) is 20.0 Å². The van der Waals surface area contributed by atoms with Crippen LogP contribution in [0.4, 0.5) is 5.69 Å². The van der Waals surface area contributed by atoms with Crippen LogP contribution >= 0.6 is 22.9 Å². The second-order valence-corrected chi connectivity index (χ2v) is 7.83. The molecule has 1 amide bonds. The minimum absolute atomic E-state index is 0.00642. The molecule has 9 heteroatoms. The molecule has 0 bridgehead atoms. The molecule has 0 spiro atoms. The standard InChI is InChI=1S/C20H16ClN3O4S/c1-12-4-5-13(21)9-15(12)22-17(25)11-23-16-6-8-29-18(16)19(26)24(20(23)27)10-14-3-2-7-28-14/h2-9H,10-11H2,1H3,(H,22,25). The highest BCUT2D eigenvalue weighted by Crippen LogP contribution is 2.20. The zero-order valence-electron chi connectivity index (χ0n) is 15.3. The number of halogens is 1. The summed E-state index contributed by atoms with van der Waals surface area (Å²) >= 11 is 7.23. The SMILES string of the molecule is Cc1ccc(Cl)cc1NC(=O)Cn1c(=O)n(Cc2ccco2)c(=O)c2sccc21. The lowest BCUT2D eigenvalue weighted by molar-refractivity contribution is -0.116. The van der Waals surface area contributed by atoms with Gasteiger partial charge in [-0.1, -0.05) is 17.7 Å². The first kappa shape index (κ1) is 19.2. The molecule has 0 aliphatic heterocycles. The highest BCUT2D eigenvalue weighted by Gasteiger charge is 2.17. The zero-order valence-corrected chi connectivity index (χ0v) is 16.9. The molecule has 3 heterocycles. The average molecular weight is 430 g/mol. The van der Waals surface area contributed by atoms with Crippen LogP contribution in [0, 0.1) is 6.92 Å². The number of thiophene rings is 1. The number of benzene rings is 1. The first-order chi connectivity index (χ1) is 13.9. The zero-order chi connectivity index (χ0) is 20.5. The van der Waals surface area contributed by atoms with Crippen molar-refractivity contribution >= 4 is 44.7 Å². The van der Waals surface area contributed by atoms with Gasteiger partial charge in [0.25, 0.3) is 5.56 Å². The fourth-order valence-electron chi connectivity index (χ4n) is 3.05. The summed E-state index contributed by atoms with van der Waals surface area (Å²) in [5.41, 5.74) is 0.868. The van der Waals surface area contributed by atoms with Gasteiger partial charge in [0.05, 0.1) is 18.3 Å². The average Bonchev–Trinajstić information content (AvgIpc) is 3.37. The largest absolute Gasteiger partial charge is 0.467 e. The van der Waals surface area contributed by atoms with Gasteiger partial charge in [0, 0.05) is 10.7 Å². The molecule has 0 radical (unpaired) electrons. The smallest absolute Gasteiger partial charge is 0.332 e. The quantitative estimate of drug-likeness (QED) is 0.526. The number of amides is 1. The molecule has 1 aromatic carbocycles. The van der Waals surface area contributed by atoms with E-state index in [1.807, 2.05) is 6.92 Å². The van der Waals surface area contributed by atoms with E-state index in [1.165, 1.54) is 22.2 Å². The molecule has 0 saturated carbocycles. The molecule has 4 rings (SSSR count). The van der Waals surface area contributed by atoms with Gasteiger partial charge in [-0.25, -0.2) is 4.79 Å². The minimum atomic E-state index is -0.574. The van der Waals surface area contributed by atoms with Crippen LogP contribution in [0.25, 0.3) is 10.2 Å². The van der Waals surface area contributed by atoms with Crippen LogP contribution in [0.2, 0.25) is 5.02 Å². The van der Waals surface area contributed by atoms with Gasteiger partial charge < -0.3 is 9.73 Å². The van der Waals surface area contributed by atoms with Crippen LogP contribution in [0.1, 0.15) is 11.3 Å². The van der Waals surface area contributed by atoms with E-state index < -0.39 is 17.2 Å². The molecule has 0 fully saturated rings. The molecule has 0 saturated heterocycles. The van der Waals surface area contributed by atoms with Crippen molar-refractivity contribution < 1.29 is 9.21 Å². The lowest BCUT2D eigenvalue weighted by atomic mass is 10.2. The van der Waals surface area contributed by atoms with Crippen LogP contribution in [0.3, 0.4) is 0 Å². The van der Waals surface area contributed by atoms with Crippen molar-refractivity contribution in [1.82, 2.24) is 9.13 Å². The van der Waals surface area contributed by atoms with Gasteiger partial charge in [0.2, 0.25) is 5.91 Å². The number of hydrogen-bond donors (Lipinski definition) is 1. The Morgan fingerprint density at radius 2 is 2.03 bits per heavy atom. The maximum atomic E-state index is 13.0. The number of carbonyl (C=O) groups is 1. The lowest BCUT2D eigenvalue weighted by Crippen LogP contribution is -2.41. The number of furan rings is 1. The molecule has 29 heavy (non-hydrogen) atoms. The van der Waals surface area contributed by atoms with Gasteiger partial charge in [0.15, 0.2) is 0 Å². The Balaban J connectivity index is 1.72. The summed E-state index contributed by atoms with van der Waals surface area (Å²) < 4.78 is 8.05. The number of rotatable bonds is 5. The van der Waals surface area contributed by atoms with E-state index >= 15 is 0 Å². The molecule has 0 unspecified atom stereocenters. The fourth-order valence-corrected chi connectivity index (χ4v) is 4.06. The highest BCUT2D eigenvalue weighted by molar-refractivity contribution is 7.17. The molecule has 3 aromatic heterocycles. The number of anilines is 1. The van der Waals surface area contributed by atoms with Gasteiger partial charge in [-0.3, -0.25) is 18.7 Å². The van der Waals surface area contributed by atoms with Crippen molar-refractivity contribution in [3.05, 3.63) is 85.2 Å². The van der Waals surface area contributed by atoms with Gasteiger partial charge in [-0.2, -0.15) is 0 Å². The number of fused-ring (bicyclic) bond motifs is 1. The van der Waals surface area contributed by atoms with Crippen molar-refractivity contribution in [3.8, 4) is 0 Å². The van der Waals surface area contributed by atoms with E-state index in [2.05, 4.69) is 5.32 Å². The predicted molar refractivity (Wildman–Crippen MR) is 113 cm³/mol. The van der Waals surface area contributed by atoms with E-state index in [1.54, 1.807) is 41.8 Å². The van der Waals surface area contributed by atoms with Crippen molar-refractivity contribution in [1.29, 1.82) is 0 Å². The number of hydrogen-bond acceptors (Lipinski definition) is 5. The highest BCUT2D eigenvalue weighted by atomic mass is 35.5. The van der Waals surface area contributed by atoms with E-state index in [9.17, 15) is 14.4 Å². The minimum Gasteiger partial charge on any atom is -0.467 e. The second kappa shape index (κ2) is 7.73. The third-order valence-electron chi connectivity index (χ3n) is 4.51. The fraction of sp³-hybridized carbons (Fsp3) is 0.150. The molecule has 0 aliphatic rings. The predicted octanol–water partition coefficient (Wildman–Crippen LogP) is 3.47. The number of aromatic nitrogens is 2. The van der Waals surface area contributed by atoms with Crippen LogP contribution in [-0.2, 0) is 17.9 Å². The van der Waals surface area contributed by atoms with E-state index in [0.717, 1.165) is 10.1 Å². The summed E-state index contributed by atoms with van der Waals surface area (Å²) in [7, 11) is 0. The maximum absolute atomic E-state index is 13.0. The Morgan fingerprint density at radius 1 is 1.21 bits per heavy atom. The van der Waals surface area contributed by atoms with Gasteiger partial charge >= 0.3 is 5.69 Å². The summed E-state index contributed by atoms with van der Waals surface area (Å²) in [5.74, 6) is 0.0822. The Kier molecular flexibility index (Phi) is 5.12. The molecule has 0 aliphatic carbocycles. The molecular formula is C20H16ClN3O4S. The Hall–Kier alpha value is -3.10. The van der Waals surface area contributed by atoms with Gasteiger partial charge in [-0.05, 0) is 48.2 Å². The van der Waals surface area contributed by atoms with E-state index in [4.69, 9.17) is 16.0 Å². The molecule has 0 atom stereocenters. The van der Waals surface area contributed by atoms with Crippen LogP contribution in [-0.4, -0.2) is 15.0 Å². The van der Waals surface area contributed by atoms with E-state index in [-0.39, 0.29) is 13.1 Å². The maximum Gasteiger partial charge on any atom is 0.332 e. The lowest BCUT2D eigenvalue weighted by Gasteiger charge is -2.13. The summed E-state index contributed by atoms with van der Waals surface area (Å²) in [6.45, 7) is 1.60. The Bertz CT molecular complexity index is 1320. The van der Waals surface area contributed by atoms with Crippen molar-refractivity contribution in [3.63, 3.8) is 0 Å². The topological polar surface area (TPSA) is 86.2 Å². The Labute approximate surface area is 173 Å². The third kappa shape index (κ3) is 3.76. The molecule has 148 valence electrons. The first-order valence-electron chi connectivity index (χ1n) is 8.73. The molecular weight excluding hydrogens is 414 g/mol. The second-order valence-electron chi connectivity index (χ2n) is 6.48. The van der Waals surface area contributed by atoms with Gasteiger partial charge in [0.1, 0.15) is 17.0 Å². The Morgan fingerprint density at radius 3 is 2.79 bits per heavy atom. The van der Waals surface area contributed by atoms with Crippen molar-refractivity contribution in [2.75, 3.05) is 5.32 Å². The first-order valence-corrected chi connectivity index (χ1v) is 9.99. The molecule has 4 aromatic rings. The summed E-state index contributed by atoms with van der Waals surface area (Å²) in [4.78, 5) is 38.4. The number of aryl methyl sites for hydroxylation is 1. The van der Waals surface area contributed by atoms with Crippen LogP contribution in [0.5, 0.6) is 0 Å². The monoisotopic (exact) mass is 429 g/mol. The van der Waals surface area contributed by atoms with Crippen molar-refractivity contribution in [2.24, 2.45) is 0 Å². The summed E-state index contributed by atoms with van der Waals surface area (Å²) in [6, 6.07) is 10.2. The summed E-state index contributed by atoms with van der Waals surface area (Å²) in [5, 5.41) is 4.99. The normalized spacial score (nSPS) is 11.1. The van der Waals surface area contributed by atoms with Crippen LogP contribution in [0.15, 0.2) is 62.0 Å². The van der Waals surface area contributed by atoms with Gasteiger partial charge in [-0.15, -0.1) is 11.3 Å². The number of carbonyl (C=O) groups excluding carboxylic acids is 1. The van der Waals surface area contributed by atoms with E-state index in [0.29, 0.717) is 26.7 Å².